The number of nitrogens with zero attached hydrogens (tertiary/aromatic N) is 2. The van der Waals surface area contributed by atoms with E-state index < -0.39 is 0 Å². The number of hydrogen-bond donors (Lipinski definition) is 1. The lowest BCUT2D eigenvalue weighted by Crippen LogP contribution is -2.24. The number of aromatic nitrogens is 1. The van der Waals surface area contributed by atoms with E-state index in [1.165, 1.54) is 0 Å². The summed E-state index contributed by atoms with van der Waals surface area (Å²) in [7, 11) is 0. The molecule has 2 rings (SSSR count). The van der Waals surface area contributed by atoms with Gasteiger partial charge in [-0.05, 0) is 12.5 Å². The average Bonchev–Trinajstić information content (AvgIpc) is 2.65. The van der Waals surface area contributed by atoms with Gasteiger partial charge in [-0.1, -0.05) is 0 Å². The molecule has 1 amide bonds. The average molecular weight is 212 g/mol. The second-order valence-corrected chi connectivity index (χ2v) is 3.34. The van der Waals surface area contributed by atoms with Gasteiger partial charge >= 0.3 is 0 Å². The van der Waals surface area contributed by atoms with Crippen molar-refractivity contribution < 1.29 is 4.79 Å². The van der Waals surface area contributed by atoms with Gasteiger partial charge < -0.3 is 0 Å². The first kappa shape index (κ1) is 9.27. The fourth-order valence-corrected chi connectivity index (χ4v) is 1.63. The lowest BCUT2D eigenvalue weighted by atomic mass is 10.4. The van der Waals surface area contributed by atoms with Crippen LogP contribution in [0.4, 0.5) is 11.5 Å². The third kappa shape index (κ3) is 1.65. The maximum absolute atomic E-state index is 11.4. The largest absolute Gasteiger partial charge is 0.298 e. The van der Waals surface area contributed by atoms with Crippen molar-refractivity contribution in [2.24, 2.45) is 0 Å². The van der Waals surface area contributed by atoms with Crippen LogP contribution in [0.2, 0.25) is 0 Å². The van der Waals surface area contributed by atoms with Crippen LogP contribution in [-0.2, 0) is 4.79 Å². The van der Waals surface area contributed by atoms with E-state index in [1.807, 2.05) is 0 Å². The van der Waals surface area contributed by atoms with Crippen LogP contribution in [0.1, 0.15) is 12.8 Å². The predicted octanol–water partition coefficient (Wildman–Crippen LogP) is 1.77. The molecule has 1 fully saturated rings. The highest BCUT2D eigenvalue weighted by Crippen LogP contribution is 2.21. The van der Waals surface area contributed by atoms with Crippen LogP contribution in [0.15, 0.2) is 18.3 Å². The van der Waals surface area contributed by atoms with Gasteiger partial charge in [0.05, 0.1) is 5.69 Å². The summed E-state index contributed by atoms with van der Waals surface area (Å²) in [4.78, 5) is 19.7. The second-order valence-electron chi connectivity index (χ2n) is 3.15. The number of pyridine rings is 1. The van der Waals surface area contributed by atoms with Gasteiger partial charge in [0.25, 0.3) is 0 Å². The molecule has 0 saturated carbocycles. The van der Waals surface area contributed by atoms with Gasteiger partial charge in [0.15, 0.2) is 0 Å². The Morgan fingerprint density at radius 2 is 2.43 bits per heavy atom. The molecule has 0 unspecified atom stereocenters. The van der Waals surface area contributed by atoms with E-state index in [-0.39, 0.29) is 5.91 Å². The number of carbonyl (C=O) groups is 1. The van der Waals surface area contributed by atoms with Gasteiger partial charge in [-0.2, -0.15) is 0 Å². The molecule has 0 aliphatic carbocycles. The zero-order valence-corrected chi connectivity index (χ0v) is 8.29. The maximum atomic E-state index is 11.4. The monoisotopic (exact) mass is 211 g/mol. The molecule has 1 N–H and O–H groups in total. The van der Waals surface area contributed by atoms with Crippen molar-refractivity contribution in [1.82, 2.24) is 4.98 Å². The molecule has 1 aromatic rings. The standard InChI is InChI=1S/C9H10ClN3O/c10-12-7-3-4-11-8(6-7)13-5-1-2-9(13)14/h3-4,6H,1-2,5H2,(H,11,12). The Hall–Kier alpha value is -1.29. The molecule has 0 atom stereocenters. The van der Waals surface area contributed by atoms with Crippen LogP contribution in [-0.4, -0.2) is 17.4 Å². The summed E-state index contributed by atoms with van der Waals surface area (Å²) in [6, 6.07) is 3.51. The van der Waals surface area contributed by atoms with Gasteiger partial charge in [-0.3, -0.25) is 14.5 Å². The molecule has 0 spiro atoms. The Balaban J connectivity index is 2.26. The number of hydrogen-bond acceptors (Lipinski definition) is 3. The van der Waals surface area contributed by atoms with E-state index in [9.17, 15) is 4.79 Å². The number of amides is 1. The van der Waals surface area contributed by atoms with Crippen LogP contribution in [0.5, 0.6) is 0 Å². The van der Waals surface area contributed by atoms with Crippen molar-refractivity contribution in [3.8, 4) is 0 Å². The van der Waals surface area contributed by atoms with E-state index in [4.69, 9.17) is 11.8 Å². The fraction of sp³-hybridized carbons (Fsp3) is 0.333. The van der Waals surface area contributed by atoms with Crippen molar-refractivity contribution >= 4 is 29.2 Å². The fourth-order valence-electron chi connectivity index (χ4n) is 1.52. The first-order valence-corrected chi connectivity index (χ1v) is 4.82. The zero-order valence-electron chi connectivity index (χ0n) is 7.53. The van der Waals surface area contributed by atoms with E-state index in [0.29, 0.717) is 12.2 Å². The summed E-state index contributed by atoms with van der Waals surface area (Å²) in [5.74, 6) is 0.794. The molecule has 2 heterocycles. The summed E-state index contributed by atoms with van der Waals surface area (Å²) in [6.45, 7) is 0.748. The number of anilines is 2. The van der Waals surface area contributed by atoms with E-state index in [1.54, 1.807) is 23.2 Å². The molecule has 14 heavy (non-hydrogen) atoms. The van der Waals surface area contributed by atoms with Crippen molar-refractivity contribution in [2.45, 2.75) is 12.8 Å². The summed E-state index contributed by atoms with van der Waals surface area (Å²) in [5, 5.41) is 0. The van der Waals surface area contributed by atoms with Crippen molar-refractivity contribution in [2.75, 3.05) is 16.3 Å². The Bertz CT molecular complexity index is 356. The minimum absolute atomic E-state index is 0.129. The highest BCUT2D eigenvalue weighted by Gasteiger charge is 2.22. The topological polar surface area (TPSA) is 45.2 Å². The molecule has 1 saturated heterocycles. The molecule has 0 bridgehead atoms. The summed E-state index contributed by atoms with van der Waals surface area (Å²) >= 11 is 5.46. The molecule has 0 radical (unpaired) electrons. The van der Waals surface area contributed by atoms with Crippen LogP contribution < -0.4 is 9.74 Å². The third-order valence-corrected chi connectivity index (χ3v) is 2.42. The van der Waals surface area contributed by atoms with Crippen molar-refractivity contribution in [1.29, 1.82) is 0 Å². The Labute approximate surface area is 87.0 Å². The van der Waals surface area contributed by atoms with Crippen molar-refractivity contribution in [3.63, 3.8) is 0 Å². The molecule has 4 nitrogen and oxygen atoms in total. The highest BCUT2D eigenvalue weighted by atomic mass is 35.5. The predicted molar refractivity (Wildman–Crippen MR) is 55.3 cm³/mol. The smallest absolute Gasteiger partial charge is 0.228 e. The summed E-state index contributed by atoms with van der Waals surface area (Å²) in [5.41, 5.74) is 0.747. The molecule has 1 aliphatic rings. The molecule has 0 aromatic carbocycles. The molecular formula is C9H10ClN3O. The molecule has 1 aliphatic heterocycles. The Morgan fingerprint density at radius 3 is 3.07 bits per heavy atom. The van der Waals surface area contributed by atoms with Gasteiger partial charge in [0, 0.05) is 37.0 Å². The van der Waals surface area contributed by atoms with E-state index in [2.05, 4.69) is 9.82 Å². The minimum atomic E-state index is 0.129. The number of nitrogens with one attached hydrogen (secondary N) is 1. The number of carbonyl (C=O) groups excluding carboxylic acids is 1. The normalized spacial score (nSPS) is 16.1. The molecule has 1 aromatic heterocycles. The molecule has 74 valence electrons. The van der Waals surface area contributed by atoms with Crippen LogP contribution >= 0.6 is 11.8 Å². The number of rotatable bonds is 2. The third-order valence-electron chi connectivity index (χ3n) is 2.20. The van der Waals surface area contributed by atoms with E-state index in [0.717, 1.165) is 18.7 Å². The lowest BCUT2D eigenvalue weighted by Gasteiger charge is -2.14. The first-order chi connectivity index (χ1) is 6.81. The van der Waals surface area contributed by atoms with Crippen molar-refractivity contribution in [3.05, 3.63) is 18.3 Å². The SMILES string of the molecule is O=C1CCCN1c1cc(NCl)ccn1. The van der Waals surface area contributed by atoms with Crippen LogP contribution in [0, 0.1) is 0 Å². The van der Waals surface area contributed by atoms with Gasteiger partial charge in [-0.25, -0.2) is 4.98 Å². The maximum Gasteiger partial charge on any atom is 0.228 e. The van der Waals surface area contributed by atoms with Crippen LogP contribution in [0.3, 0.4) is 0 Å². The summed E-state index contributed by atoms with van der Waals surface area (Å²) < 4.78 is 0. The zero-order chi connectivity index (χ0) is 9.97. The van der Waals surface area contributed by atoms with Crippen LogP contribution in [0.25, 0.3) is 0 Å². The Morgan fingerprint density at radius 1 is 1.57 bits per heavy atom. The summed E-state index contributed by atoms with van der Waals surface area (Å²) in [6.07, 6.45) is 3.14. The quantitative estimate of drug-likeness (QED) is 0.759. The number of halogens is 1. The van der Waals surface area contributed by atoms with Gasteiger partial charge in [-0.15, -0.1) is 0 Å². The molecule has 5 heteroatoms. The lowest BCUT2D eigenvalue weighted by molar-refractivity contribution is -0.117. The van der Waals surface area contributed by atoms with Gasteiger partial charge in [0.2, 0.25) is 5.91 Å². The van der Waals surface area contributed by atoms with Gasteiger partial charge in [0.1, 0.15) is 5.82 Å². The minimum Gasteiger partial charge on any atom is -0.298 e. The first-order valence-electron chi connectivity index (χ1n) is 4.44. The highest BCUT2D eigenvalue weighted by molar-refractivity contribution is 6.24. The Kier molecular flexibility index (Phi) is 2.54. The molecular weight excluding hydrogens is 202 g/mol. The second kappa shape index (κ2) is 3.84. The van der Waals surface area contributed by atoms with E-state index >= 15 is 0 Å².